The molecule has 3 N–H and O–H groups in total. The molecule has 122 valence electrons. The molecule has 0 spiro atoms. The van der Waals surface area contributed by atoms with E-state index in [0.29, 0.717) is 12.2 Å². The van der Waals surface area contributed by atoms with Crippen LogP contribution in [0.25, 0.3) is 0 Å². The van der Waals surface area contributed by atoms with Crippen LogP contribution < -0.4 is 10.6 Å². The second-order valence-electron chi connectivity index (χ2n) is 5.81. The average Bonchev–Trinajstić information content (AvgIpc) is 2.49. The molecular weight excluding hydrogens is 290 g/mol. The number of nitrogens with zero attached hydrogens (tertiary/aromatic N) is 1. The number of hydrogen-bond donors (Lipinski definition) is 3. The van der Waals surface area contributed by atoms with Crippen LogP contribution in [-0.4, -0.2) is 22.1 Å². The number of aromatic nitrogens is 1. The molecule has 0 radical (unpaired) electrons. The molecule has 0 saturated carbocycles. The first-order valence-corrected chi connectivity index (χ1v) is 7.68. The fourth-order valence-electron chi connectivity index (χ4n) is 2.16. The summed E-state index contributed by atoms with van der Waals surface area (Å²) in [7, 11) is 0. The lowest BCUT2D eigenvalue weighted by Crippen LogP contribution is -2.17. The average molecular weight is 313 g/mol. The molecule has 23 heavy (non-hydrogen) atoms. The van der Waals surface area contributed by atoms with Gasteiger partial charge in [0, 0.05) is 6.54 Å². The predicted octanol–water partition coefficient (Wildman–Crippen LogP) is 3.02. The zero-order valence-electron chi connectivity index (χ0n) is 13.8. The second-order valence-corrected chi connectivity index (χ2v) is 5.81. The summed E-state index contributed by atoms with van der Waals surface area (Å²) in [4.78, 5) is 15.8. The number of hydrogen-bond acceptors (Lipinski definition) is 4. The van der Waals surface area contributed by atoms with Crippen LogP contribution in [-0.2, 0) is 11.3 Å². The predicted molar refractivity (Wildman–Crippen MR) is 92.4 cm³/mol. The number of aliphatic hydroxyl groups is 1. The van der Waals surface area contributed by atoms with E-state index < -0.39 is 6.10 Å². The molecule has 0 aliphatic rings. The molecule has 5 heteroatoms. The number of aryl methyl sites for hydroxylation is 2. The summed E-state index contributed by atoms with van der Waals surface area (Å²) >= 11 is 0. The normalized spacial score (nSPS) is 11.8. The Hall–Kier alpha value is -2.40. The van der Waals surface area contributed by atoms with Crippen molar-refractivity contribution >= 4 is 17.4 Å². The molecule has 0 aliphatic carbocycles. The van der Waals surface area contributed by atoms with Crippen LogP contribution in [0, 0.1) is 13.8 Å². The zero-order chi connectivity index (χ0) is 16.8. The first kappa shape index (κ1) is 17.0. The minimum Gasteiger partial charge on any atom is -0.393 e. The Balaban J connectivity index is 1.89. The summed E-state index contributed by atoms with van der Waals surface area (Å²) in [6.45, 7) is 6.47. The van der Waals surface area contributed by atoms with E-state index in [1.54, 1.807) is 19.2 Å². The Labute approximate surface area is 136 Å². The number of anilines is 2. The van der Waals surface area contributed by atoms with Gasteiger partial charge in [0.05, 0.1) is 24.4 Å². The molecule has 5 nitrogen and oxygen atoms in total. The van der Waals surface area contributed by atoms with E-state index in [1.165, 1.54) is 16.7 Å². The lowest BCUT2D eigenvalue weighted by molar-refractivity contribution is -0.117. The van der Waals surface area contributed by atoms with Gasteiger partial charge in [0.1, 0.15) is 5.82 Å². The van der Waals surface area contributed by atoms with Crippen molar-refractivity contribution in [2.75, 3.05) is 10.6 Å². The number of carbonyl (C=O) groups is 1. The van der Waals surface area contributed by atoms with Gasteiger partial charge in [-0.2, -0.15) is 0 Å². The van der Waals surface area contributed by atoms with Gasteiger partial charge in [-0.25, -0.2) is 4.98 Å². The van der Waals surface area contributed by atoms with Crippen LogP contribution in [0.1, 0.15) is 30.0 Å². The van der Waals surface area contributed by atoms with E-state index in [1.807, 2.05) is 6.07 Å². The first-order valence-electron chi connectivity index (χ1n) is 7.68. The summed E-state index contributed by atoms with van der Waals surface area (Å²) in [5, 5.41) is 15.1. The number of aliphatic hydroxyl groups excluding tert-OH is 1. The van der Waals surface area contributed by atoms with Crippen molar-refractivity contribution in [1.29, 1.82) is 0 Å². The summed E-state index contributed by atoms with van der Waals surface area (Å²) in [6.07, 6.45) is 1.02. The minimum atomic E-state index is -0.651. The maximum atomic E-state index is 11.6. The molecule has 1 unspecified atom stereocenters. The third kappa shape index (κ3) is 5.38. The van der Waals surface area contributed by atoms with Crippen molar-refractivity contribution in [3.63, 3.8) is 0 Å². The Bertz CT molecular complexity index is 666. The van der Waals surface area contributed by atoms with Crippen LogP contribution in [0.4, 0.5) is 11.5 Å². The van der Waals surface area contributed by atoms with Crippen molar-refractivity contribution in [2.45, 2.75) is 39.8 Å². The van der Waals surface area contributed by atoms with Crippen LogP contribution in [0.5, 0.6) is 0 Å². The largest absolute Gasteiger partial charge is 0.393 e. The van der Waals surface area contributed by atoms with Crippen LogP contribution in [0.15, 0.2) is 36.5 Å². The summed E-state index contributed by atoms with van der Waals surface area (Å²) in [5.41, 5.74) is 4.37. The van der Waals surface area contributed by atoms with Crippen molar-refractivity contribution in [1.82, 2.24) is 4.98 Å². The number of pyridine rings is 1. The third-order valence-corrected chi connectivity index (χ3v) is 3.57. The van der Waals surface area contributed by atoms with Crippen LogP contribution in [0.3, 0.4) is 0 Å². The molecule has 2 rings (SSSR count). The van der Waals surface area contributed by atoms with Gasteiger partial charge in [-0.05, 0) is 49.6 Å². The Morgan fingerprint density at radius 3 is 2.61 bits per heavy atom. The maximum absolute atomic E-state index is 11.6. The van der Waals surface area contributed by atoms with Gasteiger partial charge in [-0.3, -0.25) is 4.79 Å². The zero-order valence-corrected chi connectivity index (χ0v) is 13.8. The van der Waals surface area contributed by atoms with E-state index in [-0.39, 0.29) is 12.3 Å². The highest BCUT2D eigenvalue weighted by Crippen LogP contribution is 2.13. The number of amides is 1. The van der Waals surface area contributed by atoms with E-state index in [4.69, 9.17) is 0 Å². The Kier molecular flexibility index (Phi) is 5.71. The van der Waals surface area contributed by atoms with Crippen molar-refractivity contribution in [2.24, 2.45) is 0 Å². The van der Waals surface area contributed by atoms with Gasteiger partial charge in [-0.1, -0.05) is 18.2 Å². The van der Waals surface area contributed by atoms with E-state index in [9.17, 15) is 9.90 Å². The molecule has 0 bridgehead atoms. The molecule has 1 aromatic carbocycles. The fourth-order valence-corrected chi connectivity index (χ4v) is 2.16. The Morgan fingerprint density at radius 1 is 1.22 bits per heavy atom. The van der Waals surface area contributed by atoms with Gasteiger partial charge < -0.3 is 15.7 Å². The van der Waals surface area contributed by atoms with Crippen LogP contribution >= 0.6 is 0 Å². The van der Waals surface area contributed by atoms with Crippen molar-refractivity contribution in [3.8, 4) is 0 Å². The molecule has 0 aliphatic heterocycles. The van der Waals surface area contributed by atoms with Gasteiger partial charge in [0.2, 0.25) is 5.91 Å². The number of benzene rings is 1. The van der Waals surface area contributed by atoms with Crippen LogP contribution in [0.2, 0.25) is 0 Å². The van der Waals surface area contributed by atoms with Crippen molar-refractivity contribution < 1.29 is 9.90 Å². The highest BCUT2D eigenvalue weighted by Gasteiger charge is 2.06. The lowest BCUT2D eigenvalue weighted by atomic mass is 10.1. The molecule has 1 amide bonds. The molecule has 0 fully saturated rings. The van der Waals surface area contributed by atoms with Crippen molar-refractivity contribution in [3.05, 3.63) is 53.2 Å². The standard InChI is InChI=1S/C18H23N3O2/c1-12-4-5-15(8-13(12)2)10-19-17-7-6-16(11-20-17)21-18(23)9-14(3)22/h4-8,11,14,22H,9-10H2,1-3H3,(H,19,20)(H,21,23). The highest BCUT2D eigenvalue weighted by atomic mass is 16.3. The molecule has 1 atom stereocenters. The number of nitrogens with one attached hydrogen (secondary N) is 2. The quantitative estimate of drug-likeness (QED) is 0.766. The monoisotopic (exact) mass is 313 g/mol. The molecule has 0 saturated heterocycles. The first-order chi connectivity index (χ1) is 10.9. The number of rotatable bonds is 6. The second kappa shape index (κ2) is 7.74. The maximum Gasteiger partial charge on any atom is 0.227 e. The summed E-state index contributed by atoms with van der Waals surface area (Å²) < 4.78 is 0. The fraction of sp³-hybridized carbons (Fsp3) is 0.333. The minimum absolute atomic E-state index is 0.0762. The van der Waals surface area contributed by atoms with Gasteiger partial charge >= 0.3 is 0 Å². The Morgan fingerprint density at radius 2 is 2.00 bits per heavy atom. The SMILES string of the molecule is Cc1ccc(CNc2ccc(NC(=O)CC(C)O)cn2)cc1C. The summed E-state index contributed by atoms with van der Waals surface area (Å²) in [5.74, 6) is 0.523. The number of carbonyl (C=O) groups excluding carboxylic acids is 1. The van der Waals surface area contributed by atoms with Gasteiger partial charge in [-0.15, -0.1) is 0 Å². The smallest absolute Gasteiger partial charge is 0.227 e. The van der Waals surface area contributed by atoms with E-state index >= 15 is 0 Å². The highest BCUT2D eigenvalue weighted by molar-refractivity contribution is 5.90. The molecule has 1 heterocycles. The molecular formula is C18H23N3O2. The molecule has 2 aromatic rings. The van der Waals surface area contributed by atoms with E-state index in [0.717, 1.165) is 5.82 Å². The summed E-state index contributed by atoms with van der Waals surface area (Å²) in [6, 6.07) is 9.97. The van der Waals surface area contributed by atoms with E-state index in [2.05, 4.69) is 47.7 Å². The lowest BCUT2D eigenvalue weighted by Gasteiger charge is -2.09. The van der Waals surface area contributed by atoms with Gasteiger partial charge in [0.15, 0.2) is 0 Å². The molecule has 1 aromatic heterocycles. The third-order valence-electron chi connectivity index (χ3n) is 3.57. The van der Waals surface area contributed by atoms with Gasteiger partial charge in [0.25, 0.3) is 0 Å². The topological polar surface area (TPSA) is 74.2 Å².